The Morgan fingerprint density at radius 2 is 2.14 bits per heavy atom. The van der Waals surface area contributed by atoms with Crippen molar-refractivity contribution in [1.29, 1.82) is 0 Å². The second-order valence-corrected chi connectivity index (χ2v) is 5.59. The van der Waals surface area contributed by atoms with Gasteiger partial charge in [-0.25, -0.2) is 4.79 Å². The van der Waals surface area contributed by atoms with E-state index < -0.39 is 0 Å². The fraction of sp³-hybridized carbons (Fsp3) is 0.412. The minimum atomic E-state index is -0.0989. The lowest BCUT2D eigenvalue weighted by atomic mass is 10.2. The number of nitrogens with one attached hydrogen (secondary N) is 2. The highest BCUT2D eigenvalue weighted by Crippen LogP contribution is 2.19. The van der Waals surface area contributed by atoms with Crippen molar-refractivity contribution in [1.82, 2.24) is 15.6 Å². The second kappa shape index (κ2) is 7.11. The molecule has 0 atom stereocenters. The van der Waals surface area contributed by atoms with Crippen molar-refractivity contribution >= 4 is 16.9 Å². The number of pyridine rings is 1. The smallest absolute Gasteiger partial charge is 0.315 e. The van der Waals surface area contributed by atoms with Crippen LogP contribution in [0.15, 0.2) is 36.5 Å². The van der Waals surface area contributed by atoms with Crippen molar-refractivity contribution in [2.24, 2.45) is 0 Å². The average molecular weight is 299 g/mol. The standard InChI is InChI=1S/C17H21N3O2/c21-17(20-14-5-1-2-6-14)19-10-11-22-15-7-8-16-13(12-15)4-3-9-18-16/h3-4,7-9,12,14H,1-2,5-6,10-11H2,(H2,19,20,21). The van der Waals surface area contributed by atoms with Gasteiger partial charge in [-0.05, 0) is 37.1 Å². The quantitative estimate of drug-likeness (QED) is 0.834. The van der Waals surface area contributed by atoms with E-state index in [9.17, 15) is 4.79 Å². The van der Waals surface area contributed by atoms with Crippen molar-refractivity contribution in [2.75, 3.05) is 13.2 Å². The molecular formula is C17H21N3O2. The van der Waals surface area contributed by atoms with Gasteiger partial charge in [0.25, 0.3) is 0 Å². The molecule has 2 N–H and O–H groups in total. The van der Waals surface area contributed by atoms with E-state index in [0.717, 1.165) is 29.5 Å². The lowest BCUT2D eigenvalue weighted by Crippen LogP contribution is -2.42. The van der Waals surface area contributed by atoms with Crippen LogP contribution in [0.3, 0.4) is 0 Å². The molecule has 0 saturated heterocycles. The highest BCUT2D eigenvalue weighted by atomic mass is 16.5. The minimum absolute atomic E-state index is 0.0989. The number of rotatable bonds is 5. The number of amides is 2. The number of aromatic nitrogens is 1. The number of hydrogen-bond donors (Lipinski definition) is 2. The largest absolute Gasteiger partial charge is 0.492 e. The highest BCUT2D eigenvalue weighted by molar-refractivity contribution is 5.79. The highest BCUT2D eigenvalue weighted by Gasteiger charge is 2.16. The molecule has 0 spiro atoms. The summed E-state index contributed by atoms with van der Waals surface area (Å²) in [6.07, 6.45) is 6.38. The molecule has 0 radical (unpaired) electrons. The van der Waals surface area contributed by atoms with Gasteiger partial charge in [0, 0.05) is 17.6 Å². The maximum atomic E-state index is 11.7. The Bertz CT molecular complexity index is 639. The third kappa shape index (κ3) is 3.87. The molecule has 1 heterocycles. The monoisotopic (exact) mass is 299 g/mol. The summed E-state index contributed by atoms with van der Waals surface area (Å²) in [5.74, 6) is 0.790. The van der Waals surface area contributed by atoms with E-state index in [1.807, 2.05) is 30.3 Å². The zero-order valence-corrected chi connectivity index (χ0v) is 12.5. The Kier molecular flexibility index (Phi) is 4.73. The number of hydrogen-bond acceptors (Lipinski definition) is 3. The number of ether oxygens (including phenoxy) is 1. The van der Waals surface area contributed by atoms with Gasteiger partial charge in [-0.15, -0.1) is 0 Å². The van der Waals surface area contributed by atoms with Gasteiger partial charge < -0.3 is 15.4 Å². The number of fused-ring (bicyclic) bond motifs is 1. The molecule has 2 amide bonds. The van der Waals surface area contributed by atoms with Crippen molar-refractivity contribution < 1.29 is 9.53 Å². The average Bonchev–Trinajstić information content (AvgIpc) is 3.04. The molecule has 1 aromatic heterocycles. The summed E-state index contributed by atoms with van der Waals surface area (Å²) in [7, 11) is 0. The van der Waals surface area contributed by atoms with Gasteiger partial charge in [0.05, 0.1) is 12.1 Å². The van der Waals surface area contributed by atoms with E-state index >= 15 is 0 Å². The Labute approximate surface area is 130 Å². The van der Waals surface area contributed by atoms with Crippen LogP contribution in [0.4, 0.5) is 4.79 Å². The second-order valence-electron chi connectivity index (χ2n) is 5.59. The molecule has 1 saturated carbocycles. The summed E-state index contributed by atoms with van der Waals surface area (Å²) in [5, 5.41) is 6.87. The first-order valence-corrected chi connectivity index (χ1v) is 7.83. The molecule has 0 aliphatic heterocycles. The number of nitrogens with zero attached hydrogens (tertiary/aromatic N) is 1. The van der Waals surface area contributed by atoms with Crippen LogP contribution < -0.4 is 15.4 Å². The van der Waals surface area contributed by atoms with Gasteiger partial charge in [-0.3, -0.25) is 4.98 Å². The molecule has 2 aromatic rings. The van der Waals surface area contributed by atoms with Crippen LogP contribution in [0.25, 0.3) is 10.9 Å². The Balaban J connectivity index is 1.41. The maximum absolute atomic E-state index is 11.7. The molecule has 3 rings (SSSR count). The van der Waals surface area contributed by atoms with Crippen molar-refractivity contribution in [3.63, 3.8) is 0 Å². The van der Waals surface area contributed by atoms with Gasteiger partial charge in [0.2, 0.25) is 0 Å². The van der Waals surface area contributed by atoms with Gasteiger partial charge >= 0.3 is 6.03 Å². The molecule has 1 aromatic carbocycles. The molecule has 116 valence electrons. The van der Waals surface area contributed by atoms with Gasteiger partial charge in [0.1, 0.15) is 12.4 Å². The van der Waals surface area contributed by atoms with Crippen LogP contribution in [-0.2, 0) is 0 Å². The summed E-state index contributed by atoms with van der Waals surface area (Å²) in [6.45, 7) is 0.938. The van der Waals surface area contributed by atoms with E-state index in [0.29, 0.717) is 19.2 Å². The van der Waals surface area contributed by atoms with Crippen LogP contribution in [0.2, 0.25) is 0 Å². The number of carbonyl (C=O) groups is 1. The number of carbonyl (C=O) groups excluding carboxylic acids is 1. The zero-order chi connectivity index (χ0) is 15.2. The van der Waals surface area contributed by atoms with E-state index in [4.69, 9.17) is 4.74 Å². The van der Waals surface area contributed by atoms with Gasteiger partial charge in [0.15, 0.2) is 0 Å². The summed E-state index contributed by atoms with van der Waals surface area (Å²) in [5.41, 5.74) is 0.948. The predicted molar refractivity (Wildman–Crippen MR) is 86.0 cm³/mol. The predicted octanol–water partition coefficient (Wildman–Crippen LogP) is 2.86. The topological polar surface area (TPSA) is 63.2 Å². The fourth-order valence-corrected chi connectivity index (χ4v) is 2.78. The SMILES string of the molecule is O=C(NCCOc1ccc2ncccc2c1)NC1CCCC1. The first kappa shape index (κ1) is 14.6. The normalized spacial score (nSPS) is 14.9. The van der Waals surface area contributed by atoms with Crippen LogP contribution in [0.5, 0.6) is 5.75 Å². The number of urea groups is 1. The summed E-state index contributed by atoms with van der Waals surface area (Å²) < 4.78 is 5.66. The van der Waals surface area contributed by atoms with E-state index in [2.05, 4.69) is 15.6 Å². The van der Waals surface area contributed by atoms with Gasteiger partial charge in [-0.2, -0.15) is 0 Å². The molecular weight excluding hydrogens is 278 g/mol. The van der Waals surface area contributed by atoms with Crippen molar-refractivity contribution in [2.45, 2.75) is 31.7 Å². The lowest BCUT2D eigenvalue weighted by Gasteiger charge is -2.13. The third-order valence-electron chi connectivity index (χ3n) is 3.92. The fourth-order valence-electron chi connectivity index (χ4n) is 2.78. The molecule has 5 nitrogen and oxygen atoms in total. The lowest BCUT2D eigenvalue weighted by molar-refractivity contribution is 0.233. The minimum Gasteiger partial charge on any atom is -0.492 e. The third-order valence-corrected chi connectivity index (χ3v) is 3.92. The van der Waals surface area contributed by atoms with Gasteiger partial charge in [-0.1, -0.05) is 18.9 Å². The Hall–Kier alpha value is -2.30. The summed E-state index contributed by atoms with van der Waals surface area (Å²) in [4.78, 5) is 16.0. The molecule has 1 aliphatic rings. The van der Waals surface area contributed by atoms with Crippen LogP contribution in [0.1, 0.15) is 25.7 Å². The first-order chi connectivity index (χ1) is 10.8. The molecule has 1 fully saturated rings. The summed E-state index contributed by atoms with van der Waals surface area (Å²) in [6, 6.07) is 9.94. The Morgan fingerprint density at radius 1 is 1.27 bits per heavy atom. The molecule has 5 heteroatoms. The summed E-state index contributed by atoms with van der Waals surface area (Å²) >= 11 is 0. The number of benzene rings is 1. The first-order valence-electron chi connectivity index (χ1n) is 7.83. The zero-order valence-electron chi connectivity index (χ0n) is 12.5. The molecule has 22 heavy (non-hydrogen) atoms. The van der Waals surface area contributed by atoms with Crippen LogP contribution in [0, 0.1) is 0 Å². The molecule has 0 unspecified atom stereocenters. The van der Waals surface area contributed by atoms with Crippen molar-refractivity contribution in [3.05, 3.63) is 36.5 Å². The maximum Gasteiger partial charge on any atom is 0.315 e. The van der Waals surface area contributed by atoms with Crippen LogP contribution in [-0.4, -0.2) is 30.2 Å². The molecule has 0 bridgehead atoms. The molecule has 1 aliphatic carbocycles. The van der Waals surface area contributed by atoms with Crippen LogP contribution >= 0.6 is 0 Å². The Morgan fingerprint density at radius 3 is 3.00 bits per heavy atom. The van der Waals surface area contributed by atoms with E-state index in [1.165, 1.54) is 12.8 Å². The van der Waals surface area contributed by atoms with Crippen molar-refractivity contribution in [3.8, 4) is 5.75 Å². The van der Waals surface area contributed by atoms with E-state index in [1.54, 1.807) is 6.20 Å². The van der Waals surface area contributed by atoms with E-state index in [-0.39, 0.29) is 6.03 Å².